The fourth-order valence-electron chi connectivity index (χ4n) is 2.84. The van der Waals surface area contributed by atoms with Crippen molar-refractivity contribution in [3.05, 3.63) is 36.0 Å². The van der Waals surface area contributed by atoms with Crippen LogP contribution in [0.15, 0.2) is 30.3 Å². The minimum absolute atomic E-state index is 0.0793. The van der Waals surface area contributed by atoms with Crippen molar-refractivity contribution in [3.8, 4) is 0 Å². The molecule has 2 aromatic rings. The first-order chi connectivity index (χ1) is 10.7. The number of aromatic nitrogens is 1. The third-order valence-corrected chi connectivity index (χ3v) is 3.68. The zero-order chi connectivity index (χ0) is 15.7. The third kappa shape index (κ3) is 2.25. The number of ether oxygens (including phenoxy) is 1. The largest absolute Gasteiger partial charge is 0.466 e. The van der Waals surface area contributed by atoms with Gasteiger partial charge in [0.2, 0.25) is 0 Å². The average molecular weight is 302 g/mol. The molecule has 0 N–H and O–H groups in total. The molecule has 0 spiro atoms. The predicted molar refractivity (Wildman–Crippen MR) is 80.2 cm³/mol. The highest BCUT2D eigenvalue weighted by Gasteiger charge is 2.40. The van der Waals surface area contributed by atoms with Gasteiger partial charge in [0.25, 0.3) is 0 Å². The normalized spacial score (nSPS) is 17.1. The van der Waals surface area contributed by atoms with E-state index in [1.54, 1.807) is 18.4 Å². The van der Waals surface area contributed by atoms with Gasteiger partial charge in [-0.05, 0) is 26.0 Å². The van der Waals surface area contributed by atoms with Gasteiger partial charge >= 0.3 is 12.0 Å². The zero-order valence-corrected chi connectivity index (χ0v) is 12.6. The Morgan fingerprint density at radius 3 is 2.73 bits per heavy atom. The van der Waals surface area contributed by atoms with E-state index in [2.05, 4.69) is 0 Å². The maximum atomic E-state index is 12.6. The van der Waals surface area contributed by atoms with Crippen LogP contribution in [-0.2, 0) is 14.4 Å². The third-order valence-electron chi connectivity index (χ3n) is 3.68. The molecule has 1 amide bonds. The van der Waals surface area contributed by atoms with Crippen LogP contribution in [0.25, 0.3) is 10.9 Å². The average Bonchev–Trinajstić information content (AvgIpc) is 2.99. The number of hydrogen-bond donors (Lipinski definition) is 0. The van der Waals surface area contributed by atoms with E-state index >= 15 is 0 Å². The van der Waals surface area contributed by atoms with Gasteiger partial charge in [-0.2, -0.15) is 5.06 Å². The summed E-state index contributed by atoms with van der Waals surface area (Å²) in [6.07, 6.45) is 0.0793. The summed E-state index contributed by atoms with van der Waals surface area (Å²) in [5.41, 5.74) is 1.58. The predicted octanol–water partition coefficient (Wildman–Crippen LogP) is 2.87. The first-order valence-corrected chi connectivity index (χ1v) is 7.39. The van der Waals surface area contributed by atoms with Crippen LogP contribution >= 0.6 is 0 Å². The minimum atomic E-state index is -0.459. The van der Waals surface area contributed by atoms with Gasteiger partial charge in [0.05, 0.1) is 30.8 Å². The first kappa shape index (κ1) is 14.6. The fraction of sp³-hybridized carbons (Fsp3) is 0.375. The highest BCUT2D eigenvalue weighted by Crippen LogP contribution is 2.37. The monoisotopic (exact) mass is 302 g/mol. The molecule has 1 aliphatic rings. The van der Waals surface area contributed by atoms with Gasteiger partial charge in [0.15, 0.2) is 0 Å². The molecule has 0 saturated heterocycles. The molecule has 6 heteroatoms. The van der Waals surface area contributed by atoms with Crippen molar-refractivity contribution in [1.82, 2.24) is 9.63 Å². The van der Waals surface area contributed by atoms with Crippen LogP contribution in [0.2, 0.25) is 0 Å². The molecule has 1 aromatic heterocycles. The summed E-state index contributed by atoms with van der Waals surface area (Å²) in [6.45, 7) is 4.24. The fourth-order valence-corrected chi connectivity index (χ4v) is 2.84. The Bertz CT molecular complexity index is 722. The Hall–Kier alpha value is -2.34. The van der Waals surface area contributed by atoms with Gasteiger partial charge in [-0.1, -0.05) is 18.2 Å². The van der Waals surface area contributed by atoms with Crippen molar-refractivity contribution in [1.29, 1.82) is 0 Å². The molecular weight excluding hydrogens is 284 g/mol. The van der Waals surface area contributed by atoms with Crippen molar-refractivity contribution in [2.24, 2.45) is 0 Å². The number of para-hydroxylation sites is 1. The summed E-state index contributed by atoms with van der Waals surface area (Å²) < 4.78 is 6.62. The van der Waals surface area contributed by atoms with Crippen molar-refractivity contribution >= 4 is 22.9 Å². The van der Waals surface area contributed by atoms with Crippen molar-refractivity contribution in [3.63, 3.8) is 0 Å². The zero-order valence-electron chi connectivity index (χ0n) is 12.6. The van der Waals surface area contributed by atoms with E-state index in [1.807, 2.05) is 30.3 Å². The van der Waals surface area contributed by atoms with E-state index in [-0.39, 0.29) is 18.4 Å². The molecular formula is C16H18N2O4. The number of hydrogen-bond acceptors (Lipinski definition) is 4. The number of carbonyl (C=O) groups is 2. The first-order valence-electron chi connectivity index (χ1n) is 7.39. The molecule has 1 unspecified atom stereocenters. The van der Waals surface area contributed by atoms with Crippen molar-refractivity contribution < 1.29 is 19.2 Å². The minimum Gasteiger partial charge on any atom is -0.466 e. The van der Waals surface area contributed by atoms with Gasteiger partial charge in [-0.3, -0.25) is 14.2 Å². The molecule has 0 saturated carbocycles. The number of amides is 1. The van der Waals surface area contributed by atoms with Crippen molar-refractivity contribution in [2.45, 2.75) is 26.3 Å². The summed E-state index contributed by atoms with van der Waals surface area (Å²) in [5, 5.41) is 2.24. The van der Waals surface area contributed by atoms with Crippen LogP contribution in [0.3, 0.4) is 0 Å². The number of nitrogens with zero attached hydrogens (tertiary/aromatic N) is 2. The molecule has 0 fully saturated rings. The highest BCUT2D eigenvalue weighted by molar-refractivity contribution is 5.95. The molecule has 2 heterocycles. The second kappa shape index (κ2) is 5.81. The van der Waals surface area contributed by atoms with Gasteiger partial charge in [-0.25, -0.2) is 4.79 Å². The number of rotatable bonds is 5. The van der Waals surface area contributed by atoms with Gasteiger partial charge in [-0.15, -0.1) is 0 Å². The van der Waals surface area contributed by atoms with Crippen molar-refractivity contribution in [2.75, 3.05) is 13.2 Å². The van der Waals surface area contributed by atoms with E-state index in [0.717, 1.165) is 16.6 Å². The lowest BCUT2D eigenvalue weighted by molar-refractivity contribution is -0.156. The second-order valence-corrected chi connectivity index (χ2v) is 5.01. The van der Waals surface area contributed by atoms with E-state index in [1.165, 1.54) is 5.06 Å². The molecule has 22 heavy (non-hydrogen) atoms. The highest BCUT2D eigenvalue weighted by atomic mass is 16.7. The van der Waals surface area contributed by atoms with Crippen LogP contribution in [0, 0.1) is 0 Å². The Labute approximate surface area is 128 Å². The second-order valence-electron chi connectivity index (χ2n) is 5.01. The lowest BCUT2D eigenvalue weighted by atomic mass is 10.1. The number of carbonyl (C=O) groups excluding carboxylic acids is 2. The quantitative estimate of drug-likeness (QED) is 0.797. The Morgan fingerprint density at radius 1 is 1.23 bits per heavy atom. The molecule has 1 aromatic carbocycles. The summed E-state index contributed by atoms with van der Waals surface area (Å²) in [5.74, 6) is -0.344. The molecule has 0 bridgehead atoms. The van der Waals surface area contributed by atoms with Gasteiger partial charge < -0.3 is 4.74 Å². The van der Waals surface area contributed by atoms with Gasteiger partial charge in [0.1, 0.15) is 6.04 Å². The van der Waals surface area contributed by atoms with Crippen LogP contribution in [0.1, 0.15) is 32.0 Å². The lowest BCUT2D eigenvalue weighted by Gasteiger charge is -2.21. The van der Waals surface area contributed by atoms with Crippen LogP contribution in [0.5, 0.6) is 0 Å². The standard InChI is InChI=1S/C16H18N2O4/c1-3-21-15(19)10-14-13-9-11-7-5-6-8-12(11)17(13)16(20)18(14)22-4-2/h5-9,14H,3-4,10H2,1-2H3. The summed E-state index contributed by atoms with van der Waals surface area (Å²) in [7, 11) is 0. The van der Waals surface area contributed by atoms with E-state index in [0.29, 0.717) is 13.2 Å². The Kier molecular flexibility index (Phi) is 3.85. The van der Waals surface area contributed by atoms with E-state index in [9.17, 15) is 9.59 Å². The molecule has 116 valence electrons. The molecule has 1 aliphatic heterocycles. The number of hydroxylamine groups is 2. The lowest BCUT2D eigenvalue weighted by Crippen LogP contribution is -2.31. The number of fused-ring (bicyclic) bond motifs is 3. The Balaban J connectivity index is 2.03. The van der Waals surface area contributed by atoms with Crippen LogP contribution in [0.4, 0.5) is 4.79 Å². The maximum absolute atomic E-state index is 12.6. The number of esters is 1. The maximum Gasteiger partial charge on any atom is 0.353 e. The molecule has 3 rings (SSSR count). The SMILES string of the molecule is CCOC(=O)CC1c2cc3ccccc3n2C(=O)N1OCC. The molecule has 0 aliphatic carbocycles. The Morgan fingerprint density at radius 2 is 2.00 bits per heavy atom. The molecule has 6 nitrogen and oxygen atoms in total. The topological polar surface area (TPSA) is 60.8 Å². The summed E-state index contributed by atoms with van der Waals surface area (Å²) in [4.78, 5) is 29.9. The number of benzene rings is 1. The summed E-state index contributed by atoms with van der Waals surface area (Å²) >= 11 is 0. The van der Waals surface area contributed by atoms with E-state index in [4.69, 9.17) is 9.57 Å². The van der Waals surface area contributed by atoms with Crippen LogP contribution in [-0.4, -0.2) is 34.8 Å². The van der Waals surface area contributed by atoms with Crippen LogP contribution < -0.4 is 0 Å². The molecule has 1 atom stereocenters. The molecule has 0 radical (unpaired) electrons. The smallest absolute Gasteiger partial charge is 0.353 e. The summed E-state index contributed by atoms with van der Waals surface area (Å²) in [6, 6.07) is 8.83. The van der Waals surface area contributed by atoms with Gasteiger partial charge in [0, 0.05) is 5.39 Å². The van der Waals surface area contributed by atoms with E-state index < -0.39 is 6.04 Å².